The molecule has 0 aromatic carbocycles. The van der Waals surface area contributed by atoms with Crippen molar-refractivity contribution in [1.82, 2.24) is 29.8 Å². The highest BCUT2D eigenvalue weighted by atomic mass is 15.4. The molecule has 0 unspecified atom stereocenters. The van der Waals surface area contributed by atoms with Crippen molar-refractivity contribution < 1.29 is 0 Å². The van der Waals surface area contributed by atoms with E-state index in [4.69, 9.17) is 0 Å². The van der Waals surface area contributed by atoms with Crippen molar-refractivity contribution in [3.63, 3.8) is 0 Å². The first-order valence-electron chi connectivity index (χ1n) is 6.49. The third-order valence-corrected chi connectivity index (χ3v) is 3.68. The van der Waals surface area contributed by atoms with Gasteiger partial charge < -0.3 is 5.32 Å². The molecule has 0 radical (unpaired) electrons. The van der Waals surface area contributed by atoms with Gasteiger partial charge in [0.25, 0.3) is 5.78 Å². The van der Waals surface area contributed by atoms with Gasteiger partial charge in [0.05, 0.1) is 12.2 Å². The molecule has 0 saturated carbocycles. The van der Waals surface area contributed by atoms with Crippen LogP contribution in [0.25, 0.3) is 5.78 Å². The van der Waals surface area contributed by atoms with Crippen molar-refractivity contribution in [3.05, 3.63) is 34.5 Å². The van der Waals surface area contributed by atoms with Crippen LogP contribution in [0.15, 0.2) is 6.33 Å². The molecule has 104 valence electrons. The summed E-state index contributed by atoms with van der Waals surface area (Å²) in [6.45, 7) is 8.71. The molecule has 0 aliphatic carbocycles. The fourth-order valence-corrected chi connectivity index (χ4v) is 2.12. The van der Waals surface area contributed by atoms with Crippen LogP contribution in [-0.2, 0) is 6.54 Å². The van der Waals surface area contributed by atoms with E-state index in [2.05, 4.69) is 37.5 Å². The number of rotatable bonds is 3. The van der Waals surface area contributed by atoms with E-state index in [1.807, 2.05) is 20.8 Å². The van der Waals surface area contributed by atoms with Crippen LogP contribution in [0.3, 0.4) is 0 Å². The molecule has 2 N–H and O–H groups in total. The van der Waals surface area contributed by atoms with Crippen molar-refractivity contribution in [2.75, 3.05) is 5.32 Å². The normalized spacial score (nSPS) is 11.2. The van der Waals surface area contributed by atoms with E-state index in [9.17, 15) is 0 Å². The summed E-state index contributed by atoms with van der Waals surface area (Å²) in [5.74, 6) is 1.51. The number of nitrogens with zero attached hydrogens (tertiary/aromatic N) is 5. The SMILES string of the molecule is Cc1nc2ncnn2c(NCc2n[nH]c(C)c2C)c1C. The minimum atomic E-state index is 0.602. The van der Waals surface area contributed by atoms with Gasteiger partial charge in [-0.25, -0.2) is 4.98 Å². The monoisotopic (exact) mass is 271 g/mol. The van der Waals surface area contributed by atoms with Crippen LogP contribution in [0.1, 0.15) is 28.2 Å². The maximum Gasteiger partial charge on any atom is 0.254 e. The molecular weight excluding hydrogens is 254 g/mol. The second-order valence-corrected chi connectivity index (χ2v) is 4.92. The van der Waals surface area contributed by atoms with E-state index in [0.29, 0.717) is 12.3 Å². The minimum absolute atomic E-state index is 0.602. The van der Waals surface area contributed by atoms with Crippen LogP contribution in [0.4, 0.5) is 5.82 Å². The second kappa shape index (κ2) is 4.59. The molecule has 7 heteroatoms. The number of hydrogen-bond acceptors (Lipinski definition) is 5. The Kier molecular flexibility index (Phi) is 2.89. The van der Waals surface area contributed by atoms with E-state index in [1.54, 1.807) is 4.52 Å². The molecule has 0 atom stereocenters. The number of hydrogen-bond donors (Lipinski definition) is 2. The lowest BCUT2D eigenvalue weighted by Gasteiger charge is -2.11. The van der Waals surface area contributed by atoms with Crippen LogP contribution >= 0.6 is 0 Å². The minimum Gasteiger partial charge on any atom is -0.364 e. The van der Waals surface area contributed by atoms with Crippen LogP contribution in [0, 0.1) is 27.7 Å². The largest absolute Gasteiger partial charge is 0.364 e. The smallest absolute Gasteiger partial charge is 0.254 e. The highest BCUT2D eigenvalue weighted by Gasteiger charge is 2.12. The number of aromatic nitrogens is 6. The zero-order valence-electron chi connectivity index (χ0n) is 12.0. The first-order chi connectivity index (χ1) is 9.58. The summed E-state index contributed by atoms with van der Waals surface area (Å²) < 4.78 is 1.72. The molecule has 0 spiro atoms. The molecule has 3 aromatic heterocycles. The lowest BCUT2D eigenvalue weighted by atomic mass is 10.2. The summed E-state index contributed by atoms with van der Waals surface area (Å²) in [7, 11) is 0. The molecule has 0 aliphatic rings. The molecule has 3 rings (SSSR count). The number of fused-ring (bicyclic) bond motifs is 1. The van der Waals surface area contributed by atoms with Gasteiger partial charge in [0.2, 0.25) is 0 Å². The fourth-order valence-electron chi connectivity index (χ4n) is 2.12. The number of anilines is 1. The average molecular weight is 271 g/mol. The Labute approximate surface area is 116 Å². The summed E-state index contributed by atoms with van der Waals surface area (Å²) >= 11 is 0. The van der Waals surface area contributed by atoms with Gasteiger partial charge in [-0.2, -0.15) is 19.7 Å². The highest BCUT2D eigenvalue weighted by Crippen LogP contribution is 2.19. The average Bonchev–Trinajstić information content (AvgIpc) is 3.00. The number of aryl methyl sites for hydroxylation is 2. The van der Waals surface area contributed by atoms with Crippen LogP contribution < -0.4 is 5.32 Å². The molecule has 7 nitrogen and oxygen atoms in total. The number of aromatic amines is 1. The van der Waals surface area contributed by atoms with E-state index < -0.39 is 0 Å². The zero-order valence-corrected chi connectivity index (χ0v) is 12.0. The predicted octanol–water partition coefficient (Wildman–Crippen LogP) is 1.69. The van der Waals surface area contributed by atoms with Crippen LogP contribution in [0.5, 0.6) is 0 Å². The Morgan fingerprint density at radius 1 is 1.20 bits per heavy atom. The molecule has 0 saturated heterocycles. The fraction of sp³-hybridized carbons (Fsp3) is 0.385. The first kappa shape index (κ1) is 12.6. The van der Waals surface area contributed by atoms with Crippen LogP contribution in [-0.4, -0.2) is 29.8 Å². The Balaban J connectivity index is 1.96. The van der Waals surface area contributed by atoms with Crippen LogP contribution in [0.2, 0.25) is 0 Å². The summed E-state index contributed by atoms with van der Waals surface area (Å²) in [4.78, 5) is 8.54. The summed E-state index contributed by atoms with van der Waals surface area (Å²) in [5.41, 5.74) is 5.28. The molecule has 0 fully saturated rings. The molecular formula is C13H17N7. The van der Waals surface area contributed by atoms with E-state index in [0.717, 1.165) is 28.5 Å². The van der Waals surface area contributed by atoms with E-state index in [1.165, 1.54) is 11.9 Å². The third kappa shape index (κ3) is 1.91. The number of nitrogens with one attached hydrogen (secondary N) is 2. The van der Waals surface area contributed by atoms with Gasteiger partial charge in [-0.3, -0.25) is 5.10 Å². The zero-order chi connectivity index (χ0) is 14.3. The van der Waals surface area contributed by atoms with Gasteiger partial charge in [0.15, 0.2) is 0 Å². The topological polar surface area (TPSA) is 83.8 Å². The lowest BCUT2D eigenvalue weighted by Crippen LogP contribution is -2.10. The summed E-state index contributed by atoms with van der Waals surface area (Å²) in [5, 5.41) is 14.9. The Bertz CT molecular complexity index is 768. The van der Waals surface area contributed by atoms with Crippen molar-refractivity contribution in [1.29, 1.82) is 0 Å². The van der Waals surface area contributed by atoms with Gasteiger partial charge in [-0.1, -0.05) is 0 Å². The quantitative estimate of drug-likeness (QED) is 0.757. The molecule has 3 heterocycles. The van der Waals surface area contributed by atoms with Gasteiger partial charge >= 0.3 is 0 Å². The van der Waals surface area contributed by atoms with Crippen molar-refractivity contribution in [3.8, 4) is 0 Å². The maximum atomic E-state index is 4.40. The molecule has 3 aromatic rings. The molecule has 20 heavy (non-hydrogen) atoms. The van der Waals surface area contributed by atoms with E-state index in [-0.39, 0.29) is 0 Å². The van der Waals surface area contributed by atoms with Gasteiger partial charge in [0.1, 0.15) is 12.1 Å². The highest BCUT2D eigenvalue weighted by molar-refractivity contribution is 5.52. The summed E-state index contributed by atoms with van der Waals surface area (Å²) in [6.07, 6.45) is 1.51. The molecule has 0 aliphatic heterocycles. The van der Waals surface area contributed by atoms with Crippen molar-refractivity contribution in [2.45, 2.75) is 34.2 Å². The lowest BCUT2D eigenvalue weighted by molar-refractivity contribution is 0.889. The van der Waals surface area contributed by atoms with Gasteiger partial charge in [0, 0.05) is 17.0 Å². The predicted molar refractivity (Wildman–Crippen MR) is 75.6 cm³/mol. The van der Waals surface area contributed by atoms with Gasteiger partial charge in [-0.15, -0.1) is 0 Å². The first-order valence-corrected chi connectivity index (χ1v) is 6.49. The maximum absolute atomic E-state index is 4.40. The Morgan fingerprint density at radius 2 is 2.00 bits per heavy atom. The Hall–Kier alpha value is -2.44. The standard InChI is InChI=1S/C13H17N7/c1-7-10(4)18-19-11(7)5-14-12-8(2)9(3)17-13-15-6-16-20(12)13/h6,14H,5H2,1-4H3,(H,18,19). The number of H-pyrrole nitrogens is 1. The molecule has 0 bridgehead atoms. The Morgan fingerprint density at radius 3 is 2.70 bits per heavy atom. The van der Waals surface area contributed by atoms with Crippen molar-refractivity contribution in [2.24, 2.45) is 0 Å². The second-order valence-electron chi connectivity index (χ2n) is 4.92. The molecule has 0 amide bonds. The van der Waals surface area contributed by atoms with Crippen molar-refractivity contribution >= 4 is 11.6 Å². The summed E-state index contributed by atoms with van der Waals surface area (Å²) in [6, 6.07) is 0. The van der Waals surface area contributed by atoms with E-state index >= 15 is 0 Å². The third-order valence-electron chi connectivity index (χ3n) is 3.68. The van der Waals surface area contributed by atoms with Gasteiger partial charge in [-0.05, 0) is 33.3 Å².